The summed E-state index contributed by atoms with van der Waals surface area (Å²) in [4.78, 5) is 37.4. The molecule has 0 saturated carbocycles. The molecule has 1 aliphatic rings. The molecule has 1 atom stereocenters. The molecule has 2 N–H and O–H groups in total. The van der Waals surface area contributed by atoms with Crippen molar-refractivity contribution in [3.05, 3.63) is 26.6 Å². The fraction of sp³-hybridized carbons (Fsp3) is 0.438. The van der Waals surface area contributed by atoms with E-state index in [0.717, 1.165) is 19.4 Å². The van der Waals surface area contributed by atoms with Crippen LogP contribution in [0.1, 0.15) is 25.8 Å². The maximum Gasteiger partial charge on any atom is 0.325 e. The number of nitrogens with one attached hydrogen (secondary N) is 2. The van der Waals surface area contributed by atoms with Gasteiger partial charge in [0.15, 0.2) is 0 Å². The van der Waals surface area contributed by atoms with Crippen LogP contribution >= 0.6 is 31.9 Å². The van der Waals surface area contributed by atoms with Crippen molar-refractivity contribution in [3.8, 4) is 0 Å². The van der Waals surface area contributed by atoms with Gasteiger partial charge in [0.25, 0.3) is 5.91 Å². The zero-order valence-electron chi connectivity index (χ0n) is 13.7. The van der Waals surface area contributed by atoms with E-state index in [1.54, 1.807) is 0 Å². The average Bonchev–Trinajstić information content (AvgIpc) is 2.70. The number of urea groups is 1. The van der Waals surface area contributed by atoms with E-state index in [0.29, 0.717) is 12.1 Å². The highest BCUT2D eigenvalue weighted by molar-refractivity contribution is 9.11. The van der Waals surface area contributed by atoms with Crippen LogP contribution < -0.4 is 10.6 Å². The lowest BCUT2D eigenvalue weighted by Crippen LogP contribution is -2.38. The third-order valence-corrected chi connectivity index (χ3v) is 4.82. The van der Waals surface area contributed by atoms with E-state index < -0.39 is 18.0 Å². The summed E-state index contributed by atoms with van der Waals surface area (Å²) in [5.41, 5.74) is 1.59. The van der Waals surface area contributed by atoms with E-state index >= 15 is 0 Å². The number of imide groups is 1. The molecule has 0 unspecified atom stereocenters. The molecule has 1 heterocycles. The average molecular weight is 461 g/mol. The molecule has 1 fully saturated rings. The highest BCUT2D eigenvalue weighted by atomic mass is 79.9. The number of carbonyl (C=O) groups excluding carboxylic acids is 3. The molecule has 0 aliphatic carbocycles. The topological polar surface area (TPSA) is 78.5 Å². The predicted octanol–water partition coefficient (Wildman–Crippen LogP) is 3.43. The summed E-state index contributed by atoms with van der Waals surface area (Å²) in [6.45, 7) is 5.57. The van der Waals surface area contributed by atoms with E-state index in [4.69, 9.17) is 0 Å². The minimum absolute atomic E-state index is 0.271. The predicted molar refractivity (Wildman–Crippen MR) is 98.7 cm³/mol. The number of anilines is 1. The lowest BCUT2D eigenvalue weighted by Gasteiger charge is -2.15. The van der Waals surface area contributed by atoms with Gasteiger partial charge in [-0.05, 0) is 68.8 Å². The maximum atomic E-state index is 12.3. The molecular formula is C16H19Br2N3O3. The highest BCUT2D eigenvalue weighted by Crippen LogP contribution is 2.32. The second-order valence-corrected chi connectivity index (χ2v) is 7.92. The quantitative estimate of drug-likeness (QED) is 0.660. The summed E-state index contributed by atoms with van der Waals surface area (Å²) >= 11 is 6.79. The van der Waals surface area contributed by atoms with Crippen LogP contribution in [0.25, 0.3) is 0 Å². The van der Waals surface area contributed by atoms with Crippen LogP contribution in [0.5, 0.6) is 0 Å². The summed E-state index contributed by atoms with van der Waals surface area (Å²) in [7, 11) is 0. The van der Waals surface area contributed by atoms with E-state index in [-0.39, 0.29) is 18.4 Å². The number of rotatable bonds is 5. The van der Waals surface area contributed by atoms with Crippen molar-refractivity contribution in [2.75, 3.05) is 11.9 Å². The lowest BCUT2D eigenvalue weighted by atomic mass is 10.0. The van der Waals surface area contributed by atoms with Crippen LogP contribution in [0.15, 0.2) is 21.1 Å². The Morgan fingerprint density at radius 3 is 2.42 bits per heavy atom. The first-order valence-corrected chi connectivity index (χ1v) is 9.15. The van der Waals surface area contributed by atoms with Crippen LogP contribution in [0.4, 0.5) is 10.5 Å². The van der Waals surface area contributed by atoms with Gasteiger partial charge in [-0.2, -0.15) is 0 Å². The molecule has 0 aromatic heterocycles. The minimum atomic E-state index is -0.553. The number of benzene rings is 1. The van der Waals surface area contributed by atoms with E-state index in [9.17, 15) is 14.4 Å². The van der Waals surface area contributed by atoms with Crippen LogP contribution in [-0.4, -0.2) is 35.3 Å². The molecule has 1 saturated heterocycles. The molecule has 1 aromatic rings. The van der Waals surface area contributed by atoms with Crippen LogP contribution in [-0.2, 0) is 9.59 Å². The molecule has 24 heavy (non-hydrogen) atoms. The van der Waals surface area contributed by atoms with Gasteiger partial charge in [-0.3, -0.25) is 14.5 Å². The van der Waals surface area contributed by atoms with E-state index in [1.165, 1.54) is 0 Å². The van der Waals surface area contributed by atoms with Gasteiger partial charge in [0.05, 0.1) is 5.69 Å². The van der Waals surface area contributed by atoms with Gasteiger partial charge < -0.3 is 10.6 Å². The van der Waals surface area contributed by atoms with Crippen molar-refractivity contribution >= 4 is 55.4 Å². The number of hydrogen-bond acceptors (Lipinski definition) is 3. The number of aryl methyl sites for hydroxylation is 1. The minimum Gasteiger partial charge on any atom is -0.326 e. The van der Waals surface area contributed by atoms with Gasteiger partial charge in [0, 0.05) is 8.95 Å². The molecular weight excluding hydrogens is 442 g/mol. The summed E-state index contributed by atoms with van der Waals surface area (Å²) in [6.07, 6.45) is 0.553. The van der Waals surface area contributed by atoms with Crippen molar-refractivity contribution in [2.24, 2.45) is 5.92 Å². The normalized spacial score (nSPS) is 17.4. The maximum absolute atomic E-state index is 12.3. The third kappa shape index (κ3) is 4.36. The zero-order chi connectivity index (χ0) is 18.0. The summed E-state index contributed by atoms with van der Waals surface area (Å²) in [5, 5.41) is 5.35. The number of halogens is 2. The third-order valence-electron chi connectivity index (χ3n) is 3.57. The van der Waals surface area contributed by atoms with E-state index in [2.05, 4.69) is 42.5 Å². The molecule has 4 amide bonds. The van der Waals surface area contributed by atoms with Gasteiger partial charge in [0.1, 0.15) is 12.6 Å². The van der Waals surface area contributed by atoms with Crippen molar-refractivity contribution in [1.29, 1.82) is 0 Å². The van der Waals surface area contributed by atoms with Crippen LogP contribution in [0, 0.1) is 12.8 Å². The molecule has 6 nitrogen and oxygen atoms in total. The first-order valence-electron chi connectivity index (χ1n) is 7.56. The molecule has 1 aliphatic heterocycles. The Hall–Kier alpha value is -1.41. The molecule has 1 aromatic carbocycles. The number of amides is 4. The van der Waals surface area contributed by atoms with Gasteiger partial charge in [-0.1, -0.05) is 13.8 Å². The smallest absolute Gasteiger partial charge is 0.325 e. The van der Waals surface area contributed by atoms with Crippen LogP contribution in [0.3, 0.4) is 0 Å². The monoisotopic (exact) mass is 459 g/mol. The van der Waals surface area contributed by atoms with Crippen molar-refractivity contribution < 1.29 is 14.4 Å². The standard InChI is InChI=1S/C16H19Br2N3O3/c1-8(2)4-12-15(23)21(16(24)19-12)7-13(22)20-14-10(17)5-9(3)6-11(14)18/h5-6,8,12H,4,7H2,1-3H3,(H,19,24)(H,20,22)/t12-/m1/s1. The van der Waals surface area contributed by atoms with Crippen molar-refractivity contribution in [3.63, 3.8) is 0 Å². The largest absolute Gasteiger partial charge is 0.326 e. The second-order valence-electron chi connectivity index (χ2n) is 6.21. The Morgan fingerprint density at radius 2 is 1.88 bits per heavy atom. The Balaban J connectivity index is 2.05. The Labute approximate surface area is 157 Å². The fourth-order valence-corrected chi connectivity index (χ4v) is 4.11. The molecule has 0 radical (unpaired) electrons. The second kappa shape index (κ2) is 7.65. The van der Waals surface area contributed by atoms with Crippen molar-refractivity contribution in [2.45, 2.75) is 33.2 Å². The summed E-state index contributed by atoms with van der Waals surface area (Å²) in [6, 6.07) is 2.66. The first kappa shape index (κ1) is 18.9. The zero-order valence-corrected chi connectivity index (χ0v) is 16.8. The van der Waals surface area contributed by atoms with Gasteiger partial charge in [-0.15, -0.1) is 0 Å². The molecule has 0 bridgehead atoms. The van der Waals surface area contributed by atoms with Gasteiger partial charge >= 0.3 is 6.03 Å². The Morgan fingerprint density at radius 1 is 1.29 bits per heavy atom. The van der Waals surface area contributed by atoms with E-state index in [1.807, 2.05) is 32.9 Å². The van der Waals surface area contributed by atoms with Crippen LogP contribution in [0.2, 0.25) is 0 Å². The summed E-state index contributed by atoms with van der Waals surface area (Å²) in [5.74, 6) is -0.521. The van der Waals surface area contributed by atoms with Crippen molar-refractivity contribution in [1.82, 2.24) is 10.2 Å². The molecule has 130 valence electrons. The number of nitrogens with zero attached hydrogens (tertiary/aromatic N) is 1. The summed E-state index contributed by atoms with van der Waals surface area (Å²) < 4.78 is 1.44. The number of hydrogen-bond donors (Lipinski definition) is 2. The first-order chi connectivity index (χ1) is 11.2. The fourth-order valence-electron chi connectivity index (χ4n) is 2.50. The van der Waals surface area contributed by atoms with Gasteiger partial charge in [0.2, 0.25) is 5.91 Å². The highest BCUT2D eigenvalue weighted by Gasteiger charge is 2.39. The lowest BCUT2D eigenvalue weighted by molar-refractivity contribution is -0.131. The molecule has 2 rings (SSSR count). The molecule has 0 spiro atoms. The SMILES string of the molecule is Cc1cc(Br)c(NC(=O)CN2C(=O)N[C@H](CC(C)C)C2=O)c(Br)c1. The van der Waals surface area contributed by atoms with Gasteiger partial charge in [-0.25, -0.2) is 4.79 Å². The molecule has 8 heteroatoms. The Kier molecular flexibility index (Phi) is 6.03. The number of carbonyl (C=O) groups is 3. The Bertz CT molecular complexity index is 668.